The van der Waals surface area contributed by atoms with Gasteiger partial charge in [-0.25, -0.2) is 4.79 Å². The first-order valence-corrected chi connectivity index (χ1v) is 10.9. The third-order valence-corrected chi connectivity index (χ3v) is 6.73. The van der Waals surface area contributed by atoms with E-state index in [2.05, 4.69) is 10.3 Å². The number of nitrogens with zero attached hydrogens (tertiary/aromatic N) is 1. The highest BCUT2D eigenvalue weighted by Crippen LogP contribution is 2.41. The van der Waals surface area contributed by atoms with Crippen LogP contribution in [0.3, 0.4) is 0 Å². The highest BCUT2D eigenvalue weighted by molar-refractivity contribution is 5.93. The number of hydrogen-bond acceptors (Lipinski definition) is 3. The van der Waals surface area contributed by atoms with E-state index >= 15 is 0 Å². The van der Waals surface area contributed by atoms with Crippen molar-refractivity contribution in [2.24, 2.45) is 5.92 Å². The molecule has 1 saturated heterocycles. The molecule has 0 aliphatic carbocycles. The van der Waals surface area contributed by atoms with Crippen molar-refractivity contribution in [2.75, 3.05) is 0 Å². The number of aliphatic carboxylic acids is 1. The molecule has 0 unspecified atom stereocenters. The van der Waals surface area contributed by atoms with Gasteiger partial charge in [-0.15, -0.1) is 0 Å². The Kier molecular flexibility index (Phi) is 5.54. The Bertz CT molecular complexity index is 982. The molecule has 0 saturated carbocycles. The monoisotopic (exact) mass is 411 g/mol. The number of hydrogen-bond donors (Lipinski definition) is 3. The highest BCUT2D eigenvalue weighted by Gasteiger charge is 2.44. The van der Waals surface area contributed by atoms with E-state index < -0.39 is 18.1 Å². The first-order chi connectivity index (χ1) is 14.4. The molecule has 7 nitrogen and oxygen atoms in total. The lowest BCUT2D eigenvalue weighted by molar-refractivity contribution is -0.147. The van der Waals surface area contributed by atoms with Crippen LogP contribution in [0.4, 0.5) is 0 Å². The summed E-state index contributed by atoms with van der Waals surface area (Å²) in [5.74, 6) is -1.65. The van der Waals surface area contributed by atoms with Gasteiger partial charge in [0.05, 0.1) is 6.04 Å². The van der Waals surface area contributed by atoms with Gasteiger partial charge >= 0.3 is 5.97 Å². The molecule has 0 spiro atoms. The Morgan fingerprint density at radius 3 is 2.80 bits per heavy atom. The largest absolute Gasteiger partial charge is 0.480 e. The van der Waals surface area contributed by atoms with Crippen molar-refractivity contribution < 1.29 is 19.5 Å². The summed E-state index contributed by atoms with van der Waals surface area (Å²) in [5, 5.41) is 13.4. The van der Waals surface area contributed by atoms with Crippen molar-refractivity contribution in [2.45, 2.75) is 70.5 Å². The van der Waals surface area contributed by atoms with Crippen LogP contribution in [0.1, 0.15) is 63.3 Å². The topological polar surface area (TPSA) is 103 Å². The van der Waals surface area contributed by atoms with Gasteiger partial charge in [0.15, 0.2) is 0 Å². The first kappa shape index (κ1) is 20.4. The fourth-order valence-corrected chi connectivity index (χ4v) is 4.90. The first-order valence-electron chi connectivity index (χ1n) is 10.9. The second kappa shape index (κ2) is 8.13. The number of para-hydroxylation sites is 1. The number of amides is 2. The quantitative estimate of drug-likeness (QED) is 0.703. The maximum absolute atomic E-state index is 13.3. The molecule has 3 heterocycles. The molecule has 2 aromatic rings. The van der Waals surface area contributed by atoms with Crippen LogP contribution in [0.2, 0.25) is 0 Å². The molecule has 0 bridgehead atoms. The van der Waals surface area contributed by atoms with E-state index in [0.717, 1.165) is 41.4 Å². The summed E-state index contributed by atoms with van der Waals surface area (Å²) < 4.78 is 0. The van der Waals surface area contributed by atoms with Crippen molar-refractivity contribution >= 4 is 28.7 Å². The Labute approximate surface area is 175 Å². The Balaban J connectivity index is 1.74. The summed E-state index contributed by atoms with van der Waals surface area (Å²) >= 11 is 0. The van der Waals surface area contributed by atoms with Crippen LogP contribution in [0.25, 0.3) is 10.9 Å². The van der Waals surface area contributed by atoms with E-state index in [0.29, 0.717) is 19.3 Å². The third-order valence-electron chi connectivity index (χ3n) is 6.73. The summed E-state index contributed by atoms with van der Waals surface area (Å²) in [6, 6.07) is 6.14. The highest BCUT2D eigenvalue weighted by atomic mass is 16.4. The normalized spacial score (nSPS) is 23.3. The molecule has 3 N–H and O–H groups in total. The van der Waals surface area contributed by atoms with Crippen molar-refractivity contribution in [1.82, 2.24) is 15.2 Å². The van der Waals surface area contributed by atoms with E-state index in [1.54, 1.807) is 4.90 Å². The van der Waals surface area contributed by atoms with E-state index in [-0.39, 0.29) is 23.8 Å². The fourth-order valence-electron chi connectivity index (χ4n) is 4.90. The SMILES string of the molecule is CC[C@H](C)[C@H](NC(=O)[C@@H]1Cc2c([nH]c3ccccc23)[C@H]2CCCCC(=O)N21)C(=O)O. The predicted octanol–water partition coefficient (Wildman–Crippen LogP) is 3.15. The zero-order chi connectivity index (χ0) is 21.4. The number of carboxylic acids is 1. The van der Waals surface area contributed by atoms with Crippen molar-refractivity contribution in [3.05, 3.63) is 35.5 Å². The number of fused-ring (bicyclic) bond motifs is 5. The van der Waals surface area contributed by atoms with Gasteiger partial charge in [0.2, 0.25) is 11.8 Å². The molecule has 7 heteroatoms. The number of benzene rings is 1. The van der Waals surface area contributed by atoms with E-state index in [1.165, 1.54) is 0 Å². The second-order valence-corrected chi connectivity index (χ2v) is 8.56. The van der Waals surface area contributed by atoms with Crippen LogP contribution in [0.15, 0.2) is 24.3 Å². The second-order valence-electron chi connectivity index (χ2n) is 8.56. The average molecular weight is 412 g/mol. The molecule has 1 aromatic heterocycles. The smallest absolute Gasteiger partial charge is 0.326 e. The molecule has 4 atom stereocenters. The van der Waals surface area contributed by atoms with Crippen LogP contribution < -0.4 is 5.32 Å². The van der Waals surface area contributed by atoms with Gasteiger partial charge in [-0.2, -0.15) is 0 Å². The number of rotatable bonds is 5. The number of carbonyl (C=O) groups excluding carboxylic acids is 2. The molecule has 2 aliphatic heterocycles. The van der Waals surface area contributed by atoms with Crippen LogP contribution >= 0.6 is 0 Å². The number of carbonyl (C=O) groups is 3. The van der Waals surface area contributed by atoms with Crippen LogP contribution in [0.5, 0.6) is 0 Å². The van der Waals surface area contributed by atoms with Crippen LogP contribution in [-0.4, -0.2) is 44.9 Å². The van der Waals surface area contributed by atoms with Gasteiger partial charge in [-0.05, 0) is 30.4 Å². The van der Waals surface area contributed by atoms with Gasteiger partial charge in [-0.3, -0.25) is 9.59 Å². The van der Waals surface area contributed by atoms with Gasteiger partial charge in [0, 0.05) is 29.4 Å². The van der Waals surface area contributed by atoms with E-state index in [9.17, 15) is 19.5 Å². The molecule has 160 valence electrons. The Morgan fingerprint density at radius 2 is 2.07 bits per heavy atom. The van der Waals surface area contributed by atoms with Crippen LogP contribution in [-0.2, 0) is 20.8 Å². The molecule has 30 heavy (non-hydrogen) atoms. The van der Waals surface area contributed by atoms with Gasteiger partial charge in [-0.1, -0.05) is 44.9 Å². The lowest BCUT2D eigenvalue weighted by Crippen LogP contribution is -2.57. The van der Waals surface area contributed by atoms with E-state index in [4.69, 9.17) is 0 Å². The third kappa shape index (κ3) is 3.46. The fraction of sp³-hybridized carbons (Fsp3) is 0.522. The molecule has 2 aliphatic rings. The molecule has 1 fully saturated rings. The minimum Gasteiger partial charge on any atom is -0.480 e. The number of aromatic amines is 1. The summed E-state index contributed by atoms with van der Waals surface area (Å²) in [4.78, 5) is 43.3. The van der Waals surface area contributed by atoms with Gasteiger partial charge < -0.3 is 20.3 Å². The molecule has 4 rings (SSSR count). The molecule has 0 radical (unpaired) electrons. The van der Waals surface area contributed by atoms with Crippen molar-refractivity contribution in [3.8, 4) is 0 Å². The van der Waals surface area contributed by atoms with Gasteiger partial charge in [0.1, 0.15) is 12.1 Å². The average Bonchev–Trinajstić information content (AvgIpc) is 3.00. The zero-order valence-electron chi connectivity index (χ0n) is 17.5. The molecular weight excluding hydrogens is 382 g/mol. The minimum absolute atomic E-state index is 0.0302. The molecule has 2 amide bonds. The standard InChI is InChI=1S/C23H29N3O4/c1-3-13(2)20(23(29)30)25-22(28)18-12-15-14-8-4-5-9-16(14)24-21(15)17-10-6-7-11-19(27)26(17)18/h4-5,8-9,13,17-18,20,24H,3,6-7,10-12H2,1-2H3,(H,25,28)(H,29,30)/t13-,17+,18-,20-/m0/s1. The number of nitrogens with one attached hydrogen (secondary N) is 2. The minimum atomic E-state index is -1.04. The Hall–Kier alpha value is -2.83. The summed E-state index contributed by atoms with van der Waals surface area (Å²) in [7, 11) is 0. The lowest BCUT2D eigenvalue weighted by atomic mass is 9.89. The lowest BCUT2D eigenvalue weighted by Gasteiger charge is -2.41. The maximum atomic E-state index is 13.3. The molecule has 1 aromatic carbocycles. The number of aromatic nitrogens is 1. The van der Waals surface area contributed by atoms with Gasteiger partial charge in [0.25, 0.3) is 0 Å². The number of H-pyrrole nitrogens is 1. The van der Waals surface area contributed by atoms with Crippen molar-refractivity contribution in [3.63, 3.8) is 0 Å². The summed E-state index contributed by atoms with van der Waals surface area (Å²) in [5.41, 5.74) is 3.09. The summed E-state index contributed by atoms with van der Waals surface area (Å²) in [6.07, 6.45) is 3.97. The zero-order valence-corrected chi connectivity index (χ0v) is 17.5. The summed E-state index contributed by atoms with van der Waals surface area (Å²) in [6.45, 7) is 3.72. The Morgan fingerprint density at radius 1 is 1.30 bits per heavy atom. The number of carboxylic acid groups (broad SMARTS) is 1. The molecular formula is C23H29N3O4. The predicted molar refractivity (Wildman–Crippen MR) is 113 cm³/mol. The van der Waals surface area contributed by atoms with Crippen molar-refractivity contribution in [1.29, 1.82) is 0 Å². The van der Waals surface area contributed by atoms with Crippen LogP contribution in [0, 0.1) is 5.92 Å². The maximum Gasteiger partial charge on any atom is 0.326 e. The van der Waals surface area contributed by atoms with E-state index in [1.807, 2.05) is 38.1 Å².